The Morgan fingerprint density at radius 3 is 2.79 bits per heavy atom. The van der Waals surface area contributed by atoms with E-state index in [1.807, 2.05) is 12.1 Å². The molecule has 0 bridgehead atoms. The summed E-state index contributed by atoms with van der Waals surface area (Å²) in [7, 11) is 1.59. The molecule has 1 aliphatic rings. The summed E-state index contributed by atoms with van der Waals surface area (Å²) in [4.78, 5) is 18.2. The first-order valence-corrected chi connectivity index (χ1v) is 4.40. The molecule has 1 heterocycles. The molecular weight excluding hydrogens is 180 g/mol. The SMILES string of the molecule is COc1ccc(C2(N=C=O)CC2)nc1. The van der Waals surface area contributed by atoms with Gasteiger partial charge in [0.05, 0.1) is 19.0 Å². The molecule has 0 amide bonds. The van der Waals surface area contributed by atoms with Gasteiger partial charge in [-0.2, -0.15) is 4.99 Å². The standard InChI is InChI=1S/C10H10N2O2/c1-14-8-2-3-9(11-6-8)10(4-5-10)12-7-13/h2-3,6H,4-5H2,1H3. The molecule has 72 valence electrons. The minimum absolute atomic E-state index is 0.381. The number of aliphatic imine (C=N–C) groups is 1. The lowest BCUT2D eigenvalue weighted by Gasteiger charge is -2.06. The largest absolute Gasteiger partial charge is 0.495 e. The predicted octanol–water partition coefficient (Wildman–Crippen LogP) is 1.42. The molecule has 4 heteroatoms. The summed E-state index contributed by atoms with van der Waals surface area (Å²) >= 11 is 0. The van der Waals surface area contributed by atoms with Gasteiger partial charge in [0.15, 0.2) is 0 Å². The van der Waals surface area contributed by atoms with E-state index in [9.17, 15) is 4.79 Å². The van der Waals surface area contributed by atoms with Gasteiger partial charge >= 0.3 is 0 Å². The molecule has 0 spiro atoms. The molecule has 1 aromatic rings. The van der Waals surface area contributed by atoms with Crippen LogP contribution >= 0.6 is 0 Å². The summed E-state index contributed by atoms with van der Waals surface area (Å²) in [6.07, 6.45) is 4.99. The number of rotatable bonds is 3. The molecular formula is C10H10N2O2. The fourth-order valence-corrected chi connectivity index (χ4v) is 1.41. The van der Waals surface area contributed by atoms with E-state index in [4.69, 9.17) is 4.74 Å². The van der Waals surface area contributed by atoms with Gasteiger partial charge in [-0.3, -0.25) is 4.98 Å². The number of nitrogens with zero attached hydrogens (tertiary/aromatic N) is 2. The normalized spacial score (nSPS) is 16.9. The van der Waals surface area contributed by atoms with E-state index in [1.54, 1.807) is 19.4 Å². The number of ether oxygens (including phenoxy) is 1. The quantitative estimate of drug-likeness (QED) is 0.535. The lowest BCUT2D eigenvalue weighted by atomic mass is 10.2. The van der Waals surface area contributed by atoms with E-state index < -0.39 is 0 Å². The Balaban J connectivity index is 2.29. The molecule has 0 saturated heterocycles. The molecule has 14 heavy (non-hydrogen) atoms. The maximum absolute atomic E-state index is 10.2. The van der Waals surface area contributed by atoms with Crippen molar-refractivity contribution in [2.45, 2.75) is 18.4 Å². The van der Waals surface area contributed by atoms with E-state index >= 15 is 0 Å². The molecule has 0 aromatic carbocycles. The van der Waals surface area contributed by atoms with Gasteiger partial charge in [-0.15, -0.1) is 0 Å². The summed E-state index contributed by atoms with van der Waals surface area (Å²) in [6.45, 7) is 0. The van der Waals surface area contributed by atoms with Gasteiger partial charge in [0, 0.05) is 0 Å². The third kappa shape index (κ3) is 1.40. The van der Waals surface area contributed by atoms with Crippen molar-refractivity contribution < 1.29 is 9.53 Å². The third-order valence-electron chi connectivity index (χ3n) is 2.43. The van der Waals surface area contributed by atoms with E-state index in [-0.39, 0.29) is 5.54 Å². The number of aromatic nitrogens is 1. The van der Waals surface area contributed by atoms with Gasteiger partial charge in [0.2, 0.25) is 6.08 Å². The average molecular weight is 190 g/mol. The first-order chi connectivity index (χ1) is 6.80. The van der Waals surface area contributed by atoms with Gasteiger partial charge in [0.1, 0.15) is 11.3 Å². The summed E-state index contributed by atoms with van der Waals surface area (Å²) in [5.41, 5.74) is 0.440. The Bertz CT molecular complexity index is 376. The predicted molar refractivity (Wildman–Crippen MR) is 49.8 cm³/mol. The number of isocyanates is 1. The maximum Gasteiger partial charge on any atom is 0.235 e. The van der Waals surface area contributed by atoms with E-state index in [0.717, 1.165) is 18.5 Å². The topological polar surface area (TPSA) is 51.5 Å². The highest BCUT2D eigenvalue weighted by Crippen LogP contribution is 2.48. The van der Waals surface area contributed by atoms with Crippen LogP contribution in [0, 0.1) is 0 Å². The average Bonchev–Trinajstić information content (AvgIpc) is 3.00. The van der Waals surface area contributed by atoms with Crippen LogP contribution in [0.4, 0.5) is 0 Å². The Labute approximate surface area is 81.6 Å². The Kier molecular flexibility index (Phi) is 2.06. The second-order valence-electron chi connectivity index (χ2n) is 3.32. The molecule has 0 aliphatic heterocycles. The van der Waals surface area contributed by atoms with Crippen molar-refractivity contribution in [2.75, 3.05) is 7.11 Å². The van der Waals surface area contributed by atoms with Crippen LogP contribution in [0.2, 0.25) is 0 Å². The molecule has 1 aliphatic carbocycles. The van der Waals surface area contributed by atoms with Crippen LogP contribution in [0.1, 0.15) is 18.5 Å². The number of hydrogen-bond acceptors (Lipinski definition) is 4. The second kappa shape index (κ2) is 3.24. The van der Waals surface area contributed by atoms with Gasteiger partial charge in [0.25, 0.3) is 0 Å². The first-order valence-electron chi connectivity index (χ1n) is 4.40. The highest BCUT2D eigenvalue weighted by atomic mass is 16.5. The maximum atomic E-state index is 10.2. The van der Waals surface area contributed by atoms with Crippen molar-refractivity contribution in [2.24, 2.45) is 4.99 Å². The summed E-state index contributed by atoms with van der Waals surface area (Å²) in [5, 5.41) is 0. The third-order valence-corrected chi connectivity index (χ3v) is 2.43. The number of hydrogen-bond donors (Lipinski definition) is 0. The lowest BCUT2D eigenvalue weighted by Crippen LogP contribution is -2.04. The summed E-state index contributed by atoms with van der Waals surface area (Å²) in [5.74, 6) is 0.708. The Hall–Kier alpha value is -1.67. The first kappa shape index (κ1) is 8.91. The molecule has 0 N–H and O–H groups in total. The highest BCUT2D eigenvalue weighted by Gasteiger charge is 2.46. The number of pyridine rings is 1. The molecule has 2 rings (SSSR count). The zero-order valence-electron chi connectivity index (χ0n) is 7.86. The smallest absolute Gasteiger partial charge is 0.235 e. The van der Waals surface area contributed by atoms with Crippen LogP contribution in [0.3, 0.4) is 0 Å². The lowest BCUT2D eigenvalue weighted by molar-refractivity contribution is 0.412. The van der Waals surface area contributed by atoms with Gasteiger partial charge < -0.3 is 4.74 Å². The molecule has 1 aromatic heterocycles. The molecule has 0 atom stereocenters. The molecule has 4 nitrogen and oxygen atoms in total. The van der Waals surface area contributed by atoms with E-state index in [1.165, 1.54) is 0 Å². The highest BCUT2D eigenvalue weighted by molar-refractivity contribution is 5.39. The molecule has 1 saturated carbocycles. The fraction of sp³-hybridized carbons (Fsp3) is 0.400. The zero-order chi connectivity index (χ0) is 10.0. The van der Waals surface area contributed by atoms with E-state index in [0.29, 0.717) is 5.75 Å². The Morgan fingerprint density at radius 2 is 2.36 bits per heavy atom. The van der Waals surface area contributed by atoms with Crippen molar-refractivity contribution in [1.29, 1.82) is 0 Å². The van der Waals surface area contributed by atoms with Gasteiger partial charge in [-0.05, 0) is 25.0 Å². The Morgan fingerprint density at radius 1 is 1.57 bits per heavy atom. The van der Waals surface area contributed by atoms with Crippen molar-refractivity contribution in [3.8, 4) is 5.75 Å². The number of methoxy groups -OCH3 is 1. The number of carbonyl (C=O) groups excluding carboxylic acids is 1. The summed E-state index contributed by atoms with van der Waals surface area (Å²) in [6, 6.07) is 3.66. The minimum Gasteiger partial charge on any atom is -0.495 e. The van der Waals surface area contributed by atoms with Crippen molar-refractivity contribution >= 4 is 6.08 Å². The van der Waals surface area contributed by atoms with Crippen molar-refractivity contribution in [1.82, 2.24) is 4.98 Å². The monoisotopic (exact) mass is 190 g/mol. The van der Waals surface area contributed by atoms with Gasteiger partial charge in [-0.1, -0.05) is 0 Å². The molecule has 0 unspecified atom stereocenters. The fourth-order valence-electron chi connectivity index (χ4n) is 1.41. The zero-order valence-corrected chi connectivity index (χ0v) is 7.86. The summed E-state index contributed by atoms with van der Waals surface area (Å²) < 4.78 is 4.99. The minimum atomic E-state index is -0.381. The van der Waals surface area contributed by atoms with Crippen LogP contribution in [-0.4, -0.2) is 18.2 Å². The van der Waals surface area contributed by atoms with Crippen LogP contribution in [0.5, 0.6) is 5.75 Å². The van der Waals surface area contributed by atoms with Crippen molar-refractivity contribution in [3.63, 3.8) is 0 Å². The van der Waals surface area contributed by atoms with Crippen LogP contribution in [0.25, 0.3) is 0 Å². The molecule has 1 fully saturated rings. The second-order valence-corrected chi connectivity index (χ2v) is 3.32. The van der Waals surface area contributed by atoms with Crippen LogP contribution < -0.4 is 4.74 Å². The van der Waals surface area contributed by atoms with Crippen LogP contribution in [0.15, 0.2) is 23.3 Å². The van der Waals surface area contributed by atoms with Gasteiger partial charge in [-0.25, -0.2) is 4.79 Å². The van der Waals surface area contributed by atoms with E-state index in [2.05, 4.69) is 9.98 Å². The molecule has 0 radical (unpaired) electrons. The van der Waals surface area contributed by atoms with Crippen LogP contribution in [-0.2, 0) is 10.3 Å². The van der Waals surface area contributed by atoms with Crippen molar-refractivity contribution in [3.05, 3.63) is 24.0 Å².